The Morgan fingerprint density at radius 3 is 2.47 bits per heavy atom. The molecule has 0 spiro atoms. The van der Waals surface area contributed by atoms with Gasteiger partial charge < -0.3 is 0 Å². The van der Waals surface area contributed by atoms with Crippen molar-refractivity contribution < 1.29 is 0 Å². The lowest BCUT2D eigenvalue weighted by Crippen LogP contribution is -2.30. The zero-order valence-corrected chi connectivity index (χ0v) is 12.3. The number of hydrogen-bond donors (Lipinski definition) is 0. The molecule has 1 rings (SSSR count). The molecule has 0 amide bonds. The van der Waals surface area contributed by atoms with Crippen LogP contribution in [-0.4, -0.2) is 0 Å². The van der Waals surface area contributed by atoms with Gasteiger partial charge in [-0.1, -0.05) is 70.8 Å². The Bertz CT molecular complexity index is 272. The lowest BCUT2D eigenvalue weighted by molar-refractivity contribution is 0.190. The first kappa shape index (κ1) is 14.5. The summed E-state index contributed by atoms with van der Waals surface area (Å²) in [5, 5.41) is 0. The van der Waals surface area contributed by atoms with Gasteiger partial charge in [-0.05, 0) is 37.0 Å². The van der Waals surface area contributed by atoms with Crippen LogP contribution in [0, 0.1) is 11.3 Å². The second-order valence-corrected chi connectivity index (χ2v) is 5.72. The van der Waals surface area contributed by atoms with E-state index in [-0.39, 0.29) is 0 Å². The minimum absolute atomic E-state index is 0.449. The smallest absolute Gasteiger partial charge is 0.00851 e. The van der Waals surface area contributed by atoms with E-state index in [0.717, 1.165) is 5.92 Å². The third-order valence-electron chi connectivity index (χ3n) is 4.55. The van der Waals surface area contributed by atoms with Crippen LogP contribution < -0.4 is 0 Å². The molecule has 0 bridgehead atoms. The average Bonchev–Trinajstić information content (AvgIpc) is 2.37. The second-order valence-electron chi connectivity index (χ2n) is 5.72. The maximum absolute atomic E-state index is 2.52. The van der Waals surface area contributed by atoms with Crippen molar-refractivity contribution in [3.05, 3.63) is 23.8 Å². The maximum atomic E-state index is 2.52. The normalized spacial score (nSPS) is 20.8. The zero-order chi connectivity index (χ0) is 12.7. The molecule has 0 heteroatoms. The van der Waals surface area contributed by atoms with Gasteiger partial charge in [-0.3, -0.25) is 0 Å². The first-order valence-corrected chi connectivity index (χ1v) is 7.55. The molecule has 0 nitrogen and oxygen atoms in total. The summed E-state index contributed by atoms with van der Waals surface area (Å²) in [6, 6.07) is 0. The van der Waals surface area contributed by atoms with Gasteiger partial charge in [0.2, 0.25) is 0 Å². The summed E-state index contributed by atoms with van der Waals surface area (Å²) in [7, 11) is 0. The van der Waals surface area contributed by atoms with Crippen molar-refractivity contribution in [1.82, 2.24) is 0 Å². The van der Waals surface area contributed by atoms with Crippen molar-refractivity contribution in [3.8, 4) is 0 Å². The molecule has 0 radical (unpaired) electrons. The van der Waals surface area contributed by atoms with Gasteiger partial charge in [-0.15, -0.1) is 0 Å². The summed E-state index contributed by atoms with van der Waals surface area (Å²) in [4.78, 5) is 0. The third kappa shape index (κ3) is 3.47. The quantitative estimate of drug-likeness (QED) is 0.515. The van der Waals surface area contributed by atoms with Crippen molar-refractivity contribution >= 4 is 0 Å². The van der Waals surface area contributed by atoms with E-state index in [4.69, 9.17) is 0 Å². The summed E-state index contributed by atoms with van der Waals surface area (Å²) < 4.78 is 0. The molecule has 0 aromatic rings. The largest absolute Gasteiger partial charge is 0.0842 e. The Morgan fingerprint density at radius 2 is 2.00 bits per heavy atom. The molecular formula is C17H30. The SMILES string of the molecule is CCCC(CC)C(C)(CCC)C1=CC=CCC1. The van der Waals surface area contributed by atoms with Gasteiger partial charge in [-0.2, -0.15) is 0 Å². The van der Waals surface area contributed by atoms with Crippen LogP contribution in [0.2, 0.25) is 0 Å². The fourth-order valence-electron chi connectivity index (χ4n) is 3.55. The van der Waals surface area contributed by atoms with Crippen LogP contribution in [0.15, 0.2) is 23.8 Å². The van der Waals surface area contributed by atoms with E-state index in [1.807, 2.05) is 0 Å². The highest BCUT2D eigenvalue weighted by Crippen LogP contribution is 2.46. The van der Waals surface area contributed by atoms with E-state index < -0.39 is 0 Å². The summed E-state index contributed by atoms with van der Waals surface area (Å²) in [6.07, 6.45) is 16.2. The van der Waals surface area contributed by atoms with Crippen molar-refractivity contribution in [2.75, 3.05) is 0 Å². The topological polar surface area (TPSA) is 0 Å². The minimum atomic E-state index is 0.449. The van der Waals surface area contributed by atoms with Crippen molar-refractivity contribution in [1.29, 1.82) is 0 Å². The van der Waals surface area contributed by atoms with Crippen LogP contribution >= 0.6 is 0 Å². The van der Waals surface area contributed by atoms with E-state index in [0.29, 0.717) is 5.41 Å². The molecule has 0 saturated carbocycles. The van der Waals surface area contributed by atoms with Gasteiger partial charge in [0.15, 0.2) is 0 Å². The van der Waals surface area contributed by atoms with Crippen molar-refractivity contribution in [3.63, 3.8) is 0 Å². The monoisotopic (exact) mass is 234 g/mol. The summed E-state index contributed by atoms with van der Waals surface area (Å²) in [5.74, 6) is 0.866. The molecule has 1 aliphatic rings. The Morgan fingerprint density at radius 1 is 1.24 bits per heavy atom. The summed E-state index contributed by atoms with van der Waals surface area (Å²) >= 11 is 0. The average molecular weight is 234 g/mol. The van der Waals surface area contributed by atoms with Crippen LogP contribution in [0.1, 0.15) is 72.6 Å². The Kier molecular flexibility index (Phi) is 6.02. The third-order valence-corrected chi connectivity index (χ3v) is 4.55. The summed E-state index contributed by atoms with van der Waals surface area (Å²) in [6.45, 7) is 9.54. The fourth-order valence-corrected chi connectivity index (χ4v) is 3.55. The van der Waals surface area contributed by atoms with Gasteiger partial charge in [0, 0.05) is 0 Å². The molecule has 1 aliphatic carbocycles. The minimum Gasteiger partial charge on any atom is -0.0842 e. The zero-order valence-electron chi connectivity index (χ0n) is 12.3. The Balaban J connectivity index is 2.93. The summed E-state index contributed by atoms with van der Waals surface area (Å²) in [5.41, 5.74) is 2.16. The van der Waals surface area contributed by atoms with Gasteiger partial charge in [-0.25, -0.2) is 0 Å². The van der Waals surface area contributed by atoms with Gasteiger partial charge in [0.05, 0.1) is 0 Å². The standard InChI is InChI=1S/C17H30/c1-5-11-15(7-3)17(4,14-6-2)16-12-9-8-10-13-16/h8-9,12,15H,5-7,10-11,13-14H2,1-4H3. The molecule has 2 unspecified atom stereocenters. The lowest BCUT2D eigenvalue weighted by Gasteiger charge is -2.40. The molecule has 0 aromatic heterocycles. The van der Waals surface area contributed by atoms with Gasteiger partial charge in [0.25, 0.3) is 0 Å². The van der Waals surface area contributed by atoms with Crippen LogP contribution in [0.25, 0.3) is 0 Å². The highest BCUT2D eigenvalue weighted by Gasteiger charge is 2.34. The maximum Gasteiger partial charge on any atom is -0.00851 e. The van der Waals surface area contributed by atoms with Crippen LogP contribution in [-0.2, 0) is 0 Å². The van der Waals surface area contributed by atoms with E-state index >= 15 is 0 Å². The van der Waals surface area contributed by atoms with E-state index in [1.54, 1.807) is 5.57 Å². The Labute approximate surface area is 108 Å². The van der Waals surface area contributed by atoms with E-state index in [9.17, 15) is 0 Å². The highest BCUT2D eigenvalue weighted by molar-refractivity contribution is 5.24. The van der Waals surface area contributed by atoms with Crippen LogP contribution in [0.4, 0.5) is 0 Å². The highest BCUT2D eigenvalue weighted by atomic mass is 14.4. The van der Waals surface area contributed by atoms with Crippen LogP contribution in [0.5, 0.6) is 0 Å². The fraction of sp³-hybridized carbons (Fsp3) is 0.765. The first-order valence-electron chi connectivity index (χ1n) is 7.55. The first-order chi connectivity index (χ1) is 8.19. The van der Waals surface area contributed by atoms with E-state index in [2.05, 4.69) is 45.9 Å². The molecule has 0 heterocycles. The molecule has 0 aliphatic heterocycles. The predicted octanol–water partition coefficient (Wildman–Crippen LogP) is 5.90. The molecule has 0 aromatic carbocycles. The predicted molar refractivity (Wildman–Crippen MR) is 78.2 cm³/mol. The Hall–Kier alpha value is -0.520. The van der Waals surface area contributed by atoms with Crippen LogP contribution in [0.3, 0.4) is 0 Å². The molecular weight excluding hydrogens is 204 g/mol. The van der Waals surface area contributed by atoms with Gasteiger partial charge >= 0.3 is 0 Å². The molecule has 17 heavy (non-hydrogen) atoms. The molecule has 0 saturated heterocycles. The number of hydrogen-bond acceptors (Lipinski definition) is 0. The molecule has 2 atom stereocenters. The molecule has 98 valence electrons. The van der Waals surface area contributed by atoms with E-state index in [1.165, 1.54) is 44.9 Å². The number of allylic oxidation sites excluding steroid dienone is 4. The van der Waals surface area contributed by atoms with Crippen molar-refractivity contribution in [2.24, 2.45) is 11.3 Å². The molecule has 0 N–H and O–H groups in total. The van der Waals surface area contributed by atoms with Crippen molar-refractivity contribution in [2.45, 2.75) is 72.6 Å². The lowest BCUT2D eigenvalue weighted by atomic mass is 9.64. The molecule has 0 fully saturated rings. The number of rotatable bonds is 7. The second kappa shape index (κ2) is 7.03. The van der Waals surface area contributed by atoms with Gasteiger partial charge in [0.1, 0.15) is 0 Å².